The predicted molar refractivity (Wildman–Crippen MR) is 95.8 cm³/mol. The number of pyridine rings is 1. The van der Waals surface area contributed by atoms with Gasteiger partial charge >= 0.3 is 5.51 Å². The molecule has 0 aliphatic carbocycles. The lowest BCUT2D eigenvalue weighted by atomic mass is 9.86. The Morgan fingerprint density at radius 2 is 1.90 bits per heavy atom. The van der Waals surface area contributed by atoms with E-state index in [1.165, 1.54) is 25.4 Å². The number of sulfone groups is 1. The highest BCUT2D eigenvalue weighted by Gasteiger charge is 2.49. The van der Waals surface area contributed by atoms with Gasteiger partial charge in [0.25, 0.3) is 15.4 Å². The Labute approximate surface area is 164 Å². The summed E-state index contributed by atoms with van der Waals surface area (Å²) in [5.41, 5.74) is -7.44. The molecule has 0 amide bonds. The highest BCUT2D eigenvalue weighted by molar-refractivity contribution is 7.92. The molecule has 11 heteroatoms. The van der Waals surface area contributed by atoms with Crippen LogP contribution in [0.1, 0.15) is 25.5 Å². The van der Waals surface area contributed by atoms with Gasteiger partial charge in [-0.15, -0.1) is 0 Å². The van der Waals surface area contributed by atoms with Crippen molar-refractivity contribution < 1.29 is 36.2 Å². The van der Waals surface area contributed by atoms with Crippen LogP contribution in [0.25, 0.3) is 0 Å². The van der Waals surface area contributed by atoms with Crippen molar-refractivity contribution in [2.45, 2.75) is 42.0 Å². The second-order valence-electron chi connectivity index (χ2n) is 7.03. The fraction of sp³-hybridized carbons (Fsp3) is 0.389. The third kappa shape index (κ3) is 3.38. The van der Waals surface area contributed by atoms with Gasteiger partial charge in [0.1, 0.15) is 17.5 Å². The molecule has 0 bridgehead atoms. The van der Waals surface area contributed by atoms with Crippen LogP contribution in [0.5, 0.6) is 11.5 Å². The van der Waals surface area contributed by atoms with Crippen LogP contribution in [-0.4, -0.2) is 42.4 Å². The van der Waals surface area contributed by atoms with Gasteiger partial charge in [-0.05, 0) is 44.2 Å². The van der Waals surface area contributed by atoms with Crippen molar-refractivity contribution in [3.63, 3.8) is 0 Å². The SMILES string of the molecule is COc1cccn(C2c3cc(S(=O)(=O)C(F)(F)F)ccc3OC(C)(C)C2O)c1=O. The Kier molecular flexibility index (Phi) is 4.94. The highest BCUT2D eigenvalue weighted by atomic mass is 32.2. The minimum absolute atomic E-state index is 0.0513. The molecule has 1 aliphatic heterocycles. The van der Waals surface area contributed by atoms with Crippen molar-refractivity contribution in [1.82, 2.24) is 4.57 Å². The first-order valence-electron chi connectivity index (χ1n) is 8.39. The van der Waals surface area contributed by atoms with E-state index in [4.69, 9.17) is 9.47 Å². The van der Waals surface area contributed by atoms with Crippen LogP contribution < -0.4 is 15.0 Å². The molecule has 1 aromatic heterocycles. The summed E-state index contributed by atoms with van der Waals surface area (Å²) in [4.78, 5) is 11.7. The number of aliphatic hydroxyl groups is 1. The third-order valence-corrected chi connectivity index (χ3v) is 6.24. The van der Waals surface area contributed by atoms with Crippen molar-refractivity contribution in [1.29, 1.82) is 0 Å². The first kappa shape index (κ1) is 21.2. The van der Waals surface area contributed by atoms with E-state index in [-0.39, 0.29) is 17.1 Å². The van der Waals surface area contributed by atoms with Crippen LogP contribution in [0.4, 0.5) is 13.2 Å². The van der Waals surface area contributed by atoms with Crippen molar-refractivity contribution in [3.8, 4) is 11.5 Å². The molecule has 29 heavy (non-hydrogen) atoms. The summed E-state index contributed by atoms with van der Waals surface area (Å²) in [6.07, 6.45) is -0.0573. The van der Waals surface area contributed by atoms with Crippen LogP contribution in [0.2, 0.25) is 0 Å². The molecule has 0 fully saturated rings. The number of aromatic nitrogens is 1. The van der Waals surface area contributed by atoms with E-state index in [0.717, 1.165) is 22.8 Å². The highest BCUT2D eigenvalue weighted by Crippen LogP contribution is 2.43. The molecule has 7 nitrogen and oxygen atoms in total. The number of benzene rings is 1. The van der Waals surface area contributed by atoms with Gasteiger partial charge in [-0.1, -0.05) is 0 Å². The van der Waals surface area contributed by atoms with E-state index < -0.39 is 43.5 Å². The molecule has 1 aromatic carbocycles. The molecule has 2 aromatic rings. The number of ether oxygens (including phenoxy) is 2. The van der Waals surface area contributed by atoms with Gasteiger partial charge in [0.05, 0.1) is 18.0 Å². The number of hydrogen-bond donors (Lipinski definition) is 1. The average Bonchev–Trinajstić information content (AvgIpc) is 2.62. The fourth-order valence-corrected chi connectivity index (χ4v) is 4.01. The second-order valence-corrected chi connectivity index (χ2v) is 8.97. The Hall–Kier alpha value is -2.53. The molecule has 2 atom stereocenters. The number of halogens is 3. The van der Waals surface area contributed by atoms with Crippen LogP contribution in [-0.2, 0) is 9.84 Å². The summed E-state index contributed by atoms with van der Waals surface area (Å²) >= 11 is 0. The predicted octanol–water partition coefficient (Wildman–Crippen LogP) is 2.27. The topological polar surface area (TPSA) is 94.8 Å². The van der Waals surface area contributed by atoms with Crippen LogP contribution >= 0.6 is 0 Å². The first-order chi connectivity index (χ1) is 13.3. The van der Waals surface area contributed by atoms with Gasteiger partial charge < -0.3 is 19.1 Å². The van der Waals surface area contributed by atoms with Gasteiger partial charge in [-0.2, -0.15) is 13.2 Å². The van der Waals surface area contributed by atoms with Crippen LogP contribution in [0.15, 0.2) is 46.2 Å². The molecule has 0 saturated carbocycles. The van der Waals surface area contributed by atoms with Crippen molar-refractivity contribution in [3.05, 3.63) is 52.4 Å². The van der Waals surface area contributed by atoms with Gasteiger partial charge in [0.15, 0.2) is 5.75 Å². The quantitative estimate of drug-likeness (QED) is 0.798. The summed E-state index contributed by atoms with van der Waals surface area (Å²) in [5.74, 6) is 0.00533. The molecule has 3 rings (SSSR count). The number of alkyl halides is 3. The summed E-state index contributed by atoms with van der Waals surface area (Å²) in [5, 5.41) is 10.8. The molecule has 0 radical (unpaired) electrons. The number of fused-ring (bicyclic) bond motifs is 1. The standard InChI is InChI=1S/C18H18F3NO6S/c1-17(2)15(23)14(22-8-4-5-13(27-3)16(22)24)11-9-10(6-7-12(11)28-17)29(25,26)18(19,20)21/h4-9,14-15,23H,1-3H3. The fourth-order valence-electron chi connectivity index (χ4n) is 3.21. The van der Waals surface area contributed by atoms with Crippen molar-refractivity contribution >= 4 is 9.84 Å². The zero-order valence-corrected chi connectivity index (χ0v) is 16.4. The summed E-state index contributed by atoms with van der Waals surface area (Å²) < 4.78 is 74.4. The number of rotatable bonds is 3. The van der Waals surface area contributed by atoms with Gasteiger partial charge in [0.2, 0.25) is 0 Å². The van der Waals surface area contributed by atoms with Crippen molar-refractivity contribution in [2.75, 3.05) is 7.11 Å². The first-order valence-corrected chi connectivity index (χ1v) is 9.87. The second kappa shape index (κ2) is 6.77. The maximum Gasteiger partial charge on any atom is 0.501 e. The number of methoxy groups -OCH3 is 1. The molecule has 2 unspecified atom stereocenters. The minimum atomic E-state index is -5.63. The monoisotopic (exact) mass is 433 g/mol. The molecule has 1 N–H and O–H groups in total. The van der Waals surface area contributed by atoms with Gasteiger partial charge in [-0.3, -0.25) is 4.79 Å². The lowest BCUT2D eigenvalue weighted by Gasteiger charge is -2.42. The van der Waals surface area contributed by atoms with Gasteiger partial charge in [0, 0.05) is 11.8 Å². The molecule has 0 saturated heterocycles. The molecule has 1 aliphatic rings. The van der Waals surface area contributed by atoms with E-state index >= 15 is 0 Å². The Balaban J connectivity index is 2.29. The Morgan fingerprint density at radius 3 is 2.48 bits per heavy atom. The lowest BCUT2D eigenvalue weighted by molar-refractivity contribution is -0.0645. The smallest absolute Gasteiger partial charge is 0.491 e. The number of hydrogen-bond acceptors (Lipinski definition) is 6. The molecule has 158 valence electrons. The largest absolute Gasteiger partial charge is 0.501 e. The molecular weight excluding hydrogens is 415 g/mol. The van der Waals surface area contributed by atoms with E-state index in [9.17, 15) is 31.5 Å². The average molecular weight is 433 g/mol. The molecule has 2 heterocycles. The normalized spacial score (nSPS) is 21.2. The van der Waals surface area contributed by atoms with Crippen LogP contribution in [0, 0.1) is 0 Å². The minimum Gasteiger partial charge on any atom is -0.491 e. The molecule has 0 spiro atoms. The lowest BCUT2D eigenvalue weighted by Crippen LogP contribution is -2.52. The molecular formula is C18H18F3NO6S. The maximum absolute atomic E-state index is 13.0. The van der Waals surface area contributed by atoms with Crippen LogP contribution in [0.3, 0.4) is 0 Å². The Morgan fingerprint density at radius 1 is 1.24 bits per heavy atom. The zero-order chi connectivity index (χ0) is 21.8. The summed E-state index contributed by atoms with van der Waals surface area (Å²) in [7, 11) is -4.36. The van der Waals surface area contributed by atoms with E-state index in [1.54, 1.807) is 13.8 Å². The zero-order valence-electron chi connectivity index (χ0n) is 15.6. The van der Waals surface area contributed by atoms with E-state index in [2.05, 4.69) is 0 Å². The third-order valence-electron chi connectivity index (χ3n) is 4.76. The Bertz CT molecular complexity index is 1110. The summed E-state index contributed by atoms with van der Waals surface area (Å²) in [6.45, 7) is 3.08. The van der Waals surface area contributed by atoms with E-state index in [0.29, 0.717) is 0 Å². The van der Waals surface area contributed by atoms with Crippen molar-refractivity contribution in [2.24, 2.45) is 0 Å². The number of nitrogens with zero attached hydrogens (tertiary/aromatic N) is 1. The van der Waals surface area contributed by atoms with Gasteiger partial charge in [-0.25, -0.2) is 8.42 Å². The summed E-state index contributed by atoms with van der Waals surface area (Å²) in [6, 6.07) is 4.28. The maximum atomic E-state index is 13.0. The number of aliphatic hydroxyl groups excluding tert-OH is 1. The van der Waals surface area contributed by atoms with E-state index in [1.807, 2.05) is 0 Å².